The molecule has 0 fully saturated rings. The third-order valence-corrected chi connectivity index (χ3v) is 3.14. The maximum Gasteiger partial charge on any atom is 0.127 e. The maximum absolute atomic E-state index is 5.67. The predicted octanol–water partition coefficient (Wildman–Crippen LogP) is 1.77. The van der Waals surface area contributed by atoms with Gasteiger partial charge in [-0.3, -0.25) is 0 Å². The van der Waals surface area contributed by atoms with Crippen LogP contribution in [-0.4, -0.2) is 46.7 Å². The zero-order chi connectivity index (χ0) is 14.2. The normalized spacial score (nSPS) is 16.8. The lowest BCUT2D eigenvalue weighted by Crippen LogP contribution is -2.21. The van der Waals surface area contributed by atoms with Crippen LogP contribution in [0.4, 0.5) is 0 Å². The first kappa shape index (κ1) is 15.1. The highest BCUT2D eigenvalue weighted by atomic mass is 16.5. The van der Waals surface area contributed by atoms with Crippen molar-refractivity contribution in [2.45, 2.75) is 13.0 Å². The highest BCUT2D eigenvalue weighted by Crippen LogP contribution is 2.35. The molecule has 1 N–H and O–H groups in total. The Hall–Kier alpha value is -1.30. The molecule has 1 aliphatic heterocycles. The summed E-state index contributed by atoms with van der Waals surface area (Å²) in [6.07, 6.45) is 0. The lowest BCUT2D eigenvalue weighted by atomic mass is 10.1. The molecule has 0 aromatic heterocycles. The molecule has 2 rings (SSSR count). The van der Waals surface area contributed by atoms with E-state index in [-0.39, 0.29) is 0 Å². The summed E-state index contributed by atoms with van der Waals surface area (Å²) < 4.78 is 21.6. The fraction of sp³-hybridized carbons (Fsp3) is 0.600. The van der Waals surface area contributed by atoms with E-state index in [4.69, 9.17) is 18.9 Å². The Kier molecular flexibility index (Phi) is 6.11. The third kappa shape index (κ3) is 4.10. The number of hydrogen-bond donors (Lipinski definition) is 1. The smallest absolute Gasteiger partial charge is 0.127 e. The van der Waals surface area contributed by atoms with Gasteiger partial charge < -0.3 is 24.3 Å². The minimum Gasteiger partial charge on any atom is -0.491 e. The summed E-state index contributed by atoms with van der Waals surface area (Å²) in [7, 11) is 1.66. The summed E-state index contributed by atoms with van der Waals surface area (Å²) >= 11 is 0. The molecule has 5 heteroatoms. The molecule has 0 radical (unpaired) electrons. The molecule has 0 saturated carbocycles. The Balaban J connectivity index is 1.77. The largest absolute Gasteiger partial charge is 0.491 e. The number of hydrogen-bond acceptors (Lipinski definition) is 5. The van der Waals surface area contributed by atoms with Gasteiger partial charge in [-0.2, -0.15) is 0 Å². The lowest BCUT2D eigenvalue weighted by Gasteiger charge is -2.10. The molecular weight excluding hydrogens is 258 g/mol. The molecular formula is C15H23NO4. The minimum absolute atomic E-state index is 0.293. The molecule has 20 heavy (non-hydrogen) atoms. The third-order valence-electron chi connectivity index (χ3n) is 3.14. The summed E-state index contributed by atoms with van der Waals surface area (Å²) in [6, 6.07) is 6.28. The molecule has 1 atom stereocenters. The first-order valence-corrected chi connectivity index (χ1v) is 7.04. The molecule has 0 aliphatic carbocycles. The highest BCUT2D eigenvalue weighted by molar-refractivity contribution is 5.45. The molecule has 1 aliphatic rings. The fourth-order valence-corrected chi connectivity index (χ4v) is 2.16. The second-order valence-corrected chi connectivity index (χ2v) is 4.57. The molecule has 0 bridgehead atoms. The lowest BCUT2D eigenvalue weighted by molar-refractivity contribution is 0.0544. The van der Waals surface area contributed by atoms with Crippen molar-refractivity contribution in [2.24, 2.45) is 0 Å². The van der Waals surface area contributed by atoms with Crippen LogP contribution >= 0.6 is 0 Å². The minimum atomic E-state index is 0.293. The average molecular weight is 281 g/mol. The van der Waals surface area contributed by atoms with Crippen LogP contribution in [-0.2, 0) is 9.47 Å². The van der Waals surface area contributed by atoms with Crippen LogP contribution in [0.25, 0.3) is 0 Å². The molecule has 112 valence electrons. The summed E-state index contributed by atoms with van der Waals surface area (Å²) in [5.74, 6) is 1.73. The van der Waals surface area contributed by atoms with Crippen molar-refractivity contribution >= 4 is 0 Å². The van der Waals surface area contributed by atoms with Crippen molar-refractivity contribution in [1.82, 2.24) is 5.32 Å². The number of methoxy groups -OCH3 is 1. The predicted molar refractivity (Wildman–Crippen MR) is 76.5 cm³/mol. The van der Waals surface area contributed by atoms with Crippen molar-refractivity contribution in [2.75, 3.05) is 46.7 Å². The van der Waals surface area contributed by atoms with E-state index in [1.54, 1.807) is 7.11 Å². The molecule has 0 amide bonds. The zero-order valence-electron chi connectivity index (χ0n) is 12.2. The molecule has 1 heterocycles. The monoisotopic (exact) mass is 281 g/mol. The number of benzene rings is 1. The van der Waals surface area contributed by atoms with E-state index in [9.17, 15) is 0 Å². The maximum atomic E-state index is 5.67. The van der Waals surface area contributed by atoms with Gasteiger partial charge in [0.2, 0.25) is 0 Å². The number of likely N-dealkylation sites (N-methyl/N-ethyl adjacent to an activating group) is 1. The topological polar surface area (TPSA) is 49.0 Å². The summed E-state index contributed by atoms with van der Waals surface area (Å²) in [6.45, 7) is 6.01. The Morgan fingerprint density at radius 3 is 2.90 bits per heavy atom. The van der Waals surface area contributed by atoms with Gasteiger partial charge in [-0.05, 0) is 18.7 Å². The molecule has 0 spiro atoms. The van der Waals surface area contributed by atoms with Crippen molar-refractivity contribution in [3.8, 4) is 11.5 Å². The van der Waals surface area contributed by atoms with Crippen molar-refractivity contribution < 1.29 is 18.9 Å². The Labute approximate surface area is 120 Å². The van der Waals surface area contributed by atoms with Gasteiger partial charge in [-0.15, -0.1) is 0 Å². The Bertz CT molecular complexity index is 411. The number of rotatable bonds is 9. The van der Waals surface area contributed by atoms with E-state index in [0.717, 1.165) is 18.0 Å². The van der Waals surface area contributed by atoms with Gasteiger partial charge in [0.05, 0.1) is 25.9 Å². The van der Waals surface area contributed by atoms with Gasteiger partial charge >= 0.3 is 0 Å². The number of ether oxygens (including phenoxy) is 4. The molecule has 0 saturated heterocycles. The zero-order valence-corrected chi connectivity index (χ0v) is 12.2. The van der Waals surface area contributed by atoms with Crippen LogP contribution in [0.15, 0.2) is 18.2 Å². The Morgan fingerprint density at radius 2 is 2.10 bits per heavy atom. The van der Waals surface area contributed by atoms with Crippen LogP contribution in [0.2, 0.25) is 0 Å². The van der Waals surface area contributed by atoms with E-state index >= 15 is 0 Å². The van der Waals surface area contributed by atoms with E-state index in [1.165, 1.54) is 5.56 Å². The second kappa shape index (κ2) is 8.09. The first-order chi connectivity index (χ1) is 9.85. The van der Waals surface area contributed by atoms with Crippen molar-refractivity contribution in [3.63, 3.8) is 0 Å². The Morgan fingerprint density at radius 1 is 1.25 bits per heavy atom. The van der Waals surface area contributed by atoms with E-state index < -0.39 is 0 Å². The second-order valence-electron chi connectivity index (χ2n) is 4.57. The molecule has 1 unspecified atom stereocenters. The van der Waals surface area contributed by atoms with Crippen LogP contribution in [0, 0.1) is 0 Å². The summed E-state index contributed by atoms with van der Waals surface area (Å²) in [5, 5.41) is 3.39. The summed E-state index contributed by atoms with van der Waals surface area (Å²) in [5.41, 5.74) is 1.20. The number of fused-ring (bicyclic) bond motifs is 1. The van der Waals surface area contributed by atoms with E-state index in [1.807, 2.05) is 12.1 Å². The first-order valence-electron chi connectivity index (χ1n) is 7.04. The van der Waals surface area contributed by atoms with E-state index in [2.05, 4.69) is 18.3 Å². The standard InChI is InChI=1S/C15H23NO4/c1-3-16-14-11-20-15-10-12(4-5-13(14)15)19-9-8-18-7-6-17-2/h4-5,10,14,16H,3,6-9,11H2,1-2H3. The molecule has 5 nitrogen and oxygen atoms in total. The van der Waals surface area contributed by atoms with Gasteiger partial charge in [0.15, 0.2) is 0 Å². The van der Waals surface area contributed by atoms with Crippen molar-refractivity contribution in [3.05, 3.63) is 23.8 Å². The van der Waals surface area contributed by atoms with Crippen LogP contribution in [0.3, 0.4) is 0 Å². The fourth-order valence-electron chi connectivity index (χ4n) is 2.16. The van der Waals surface area contributed by atoms with Gasteiger partial charge in [0, 0.05) is 18.7 Å². The van der Waals surface area contributed by atoms with Crippen LogP contribution < -0.4 is 14.8 Å². The number of nitrogens with one attached hydrogen (secondary N) is 1. The average Bonchev–Trinajstić information content (AvgIpc) is 2.86. The summed E-state index contributed by atoms with van der Waals surface area (Å²) in [4.78, 5) is 0. The van der Waals surface area contributed by atoms with Gasteiger partial charge in [-0.1, -0.05) is 6.92 Å². The van der Waals surface area contributed by atoms with E-state index in [0.29, 0.717) is 39.1 Å². The SMILES string of the molecule is CCNC1COc2cc(OCCOCCOC)ccc21. The molecule has 1 aromatic rings. The highest BCUT2D eigenvalue weighted by Gasteiger charge is 2.23. The van der Waals surface area contributed by atoms with Crippen molar-refractivity contribution in [1.29, 1.82) is 0 Å². The van der Waals surface area contributed by atoms with Gasteiger partial charge in [0.25, 0.3) is 0 Å². The quantitative estimate of drug-likeness (QED) is 0.699. The van der Waals surface area contributed by atoms with Gasteiger partial charge in [-0.25, -0.2) is 0 Å². The van der Waals surface area contributed by atoms with Crippen LogP contribution in [0.1, 0.15) is 18.5 Å². The van der Waals surface area contributed by atoms with Gasteiger partial charge in [0.1, 0.15) is 24.7 Å². The molecule has 1 aromatic carbocycles. The van der Waals surface area contributed by atoms with Crippen LogP contribution in [0.5, 0.6) is 11.5 Å².